The fourth-order valence-corrected chi connectivity index (χ4v) is 1.60. The lowest BCUT2D eigenvalue weighted by molar-refractivity contribution is 0.508. The van der Waals surface area contributed by atoms with Gasteiger partial charge in [0.25, 0.3) is 0 Å². The number of hydrogen-bond donors (Lipinski definition) is 0. The number of benzene rings is 2. The largest absolute Gasteiger partial charge is 0.204 e. The number of halogens is 2. The second-order valence-electron chi connectivity index (χ2n) is 3.61. The molecule has 2 rings (SSSR count). The van der Waals surface area contributed by atoms with Crippen LogP contribution in [0.4, 0.5) is 8.78 Å². The molecule has 0 bridgehead atoms. The third kappa shape index (κ3) is 2.05. The maximum absolute atomic E-state index is 13.2. The smallest absolute Gasteiger partial charge is 0.160 e. The summed E-state index contributed by atoms with van der Waals surface area (Å²) in [5, 5.41) is 17.6. The second-order valence-corrected chi connectivity index (χ2v) is 3.61. The first-order valence-corrected chi connectivity index (χ1v) is 5.05. The zero-order valence-electron chi connectivity index (χ0n) is 9.11. The minimum Gasteiger partial charge on any atom is -0.204 e. The molecule has 0 aliphatic rings. The average molecular weight is 240 g/mol. The molecule has 4 heteroatoms. The zero-order chi connectivity index (χ0) is 13.1. The Bertz CT molecular complexity index is 677. The predicted molar refractivity (Wildman–Crippen MR) is 61.2 cm³/mol. The fraction of sp³-hybridized carbons (Fsp3) is 0. The molecule has 0 heterocycles. The summed E-state index contributed by atoms with van der Waals surface area (Å²) in [7, 11) is 0. The monoisotopic (exact) mass is 240 g/mol. The molecule has 0 unspecified atom stereocenters. The van der Waals surface area contributed by atoms with Crippen molar-refractivity contribution in [3.05, 3.63) is 59.2 Å². The maximum Gasteiger partial charge on any atom is 0.160 e. The van der Waals surface area contributed by atoms with E-state index in [9.17, 15) is 8.78 Å². The van der Waals surface area contributed by atoms with Crippen LogP contribution >= 0.6 is 0 Å². The van der Waals surface area contributed by atoms with Crippen molar-refractivity contribution in [2.75, 3.05) is 0 Å². The van der Waals surface area contributed by atoms with Gasteiger partial charge in [0.15, 0.2) is 11.6 Å². The van der Waals surface area contributed by atoms with Crippen LogP contribution in [-0.4, -0.2) is 0 Å². The Kier molecular flexibility index (Phi) is 3.03. The van der Waals surface area contributed by atoms with Gasteiger partial charge < -0.3 is 0 Å². The SMILES string of the molecule is N#Cc1ccc(-c2cc(F)c(F)cc2C#N)cc1. The van der Waals surface area contributed by atoms with Crippen molar-refractivity contribution in [3.8, 4) is 23.3 Å². The van der Waals surface area contributed by atoms with E-state index in [-0.39, 0.29) is 5.56 Å². The highest BCUT2D eigenvalue weighted by Gasteiger charge is 2.11. The third-order valence-electron chi connectivity index (χ3n) is 2.51. The van der Waals surface area contributed by atoms with Gasteiger partial charge in [0, 0.05) is 5.56 Å². The summed E-state index contributed by atoms with van der Waals surface area (Å²) in [5.74, 6) is -2.06. The van der Waals surface area contributed by atoms with E-state index in [4.69, 9.17) is 10.5 Å². The van der Waals surface area contributed by atoms with Crippen molar-refractivity contribution in [1.82, 2.24) is 0 Å². The van der Waals surface area contributed by atoms with Gasteiger partial charge in [0.05, 0.1) is 23.3 Å². The Morgan fingerprint density at radius 1 is 0.833 bits per heavy atom. The van der Waals surface area contributed by atoms with E-state index < -0.39 is 11.6 Å². The molecule has 2 aromatic carbocycles. The average Bonchev–Trinajstić information content (AvgIpc) is 2.41. The lowest BCUT2D eigenvalue weighted by atomic mass is 9.99. The molecule has 0 N–H and O–H groups in total. The molecule has 2 aromatic rings. The minimum absolute atomic E-state index is 0.0543. The Balaban J connectivity index is 2.60. The molecule has 0 saturated carbocycles. The van der Waals surface area contributed by atoms with Gasteiger partial charge in [0.1, 0.15) is 0 Å². The molecule has 0 aromatic heterocycles. The molecule has 86 valence electrons. The fourth-order valence-electron chi connectivity index (χ4n) is 1.60. The highest BCUT2D eigenvalue weighted by Crippen LogP contribution is 2.26. The van der Waals surface area contributed by atoms with Crippen molar-refractivity contribution in [1.29, 1.82) is 10.5 Å². The van der Waals surface area contributed by atoms with Gasteiger partial charge in [-0.3, -0.25) is 0 Å². The maximum atomic E-state index is 13.2. The topological polar surface area (TPSA) is 47.6 Å². The molecule has 0 saturated heterocycles. The van der Waals surface area contributed by atoms with Gasteiger partial charge in [-0.15, -0.1) is 0 Å². The van der Waals surface area contributed by atoms with Crippen LogP contribution in [0.3, 0.4) is 0 Å². The standard InChI is InChI=1S/C14H6F2N2/c15-13-5-11(8-18)12(6-14(13)16)10-3-1-9(7-17)2-4-10/h1-6H. The zero-order valence-corrected chi connectivity index (χ0v) is 9.11. The first-order valence-electron chi connectivity index (χ1n) is 5.05. The van der Waals surface area contributed by atoms with Gasteiger partial charge in [-0.2, -0.15) is 10.5 Å². The number of hydrogen-bond acceptors (Lipinski definition) is 2. The summed E-state index contributed by atoms with van der Waals surface area (Å²) in [6.07, 6.45) is 0. The molecule has 0 amide bonds. The molecule has 2 nitrogen and oxygen atoms in total. The summed E-state index contributed by atoms with van der Waals surface area (Å²) in [5.41, 5.74) is 1.38. The molecule has 0 aliphatic heterocycles. The number of nitrogens with zero attached hydrogens (tertiary/aromatic N) is 2. The van der Waals surface area contributed by atoms with Crippen molar-refractivity contribution in [2.24, 2.45) is 0 Å². The molecule has 0 radical (unpaired) electrons. The van der Waals surface area contributed by atoms with E-state index in [1.807, 2.05) is 12.1 Å². The van der Waals surface area contributed by atoms with Crippen LogP contribution in [-0.2, 0) is 0 Å². The Labute approximate surface area is 102 Å². The summed E-state index contributed by atoms with van der Waals surface area (Å²) in [4.78, 5) is 0. The van der Waals surface area contributed by atoms with Crippen molar-refractivity contribution in [3.63, 3.8) is 0 Å². The van der Waals surface area contributed by atoms with Crippen LogP contribution in [0.1, 0.15) is 11.1 Å². The Morgan fingerprint density at radius 2 is 1.44 bits per heavy atom. The Morgan fingerprint density at radius 3 is 2.00 bits per heavy atom. The third-order valence-corrected chi connectivity index (χ3v) is 2.51. The molecule has 0 spiro atoms. The van der Waals surface area contributed by atoms with Crippen LogP contribution in [0.2, 0.25) is 0 Å². The molecule has 0 aliphatic carbocycles. The minimum atomic E-state index is -1.05. The molecular formula is C14H6F2N2. The van der Waals surface area contributed by atoms with Gasteiger partial charge in [-0.05, 0) is 29.8 Å². The normalized spacial score (nSPS) is 9.56. The van der Waals surface area contributed by atoms with Crippen LogP contribution in [0, 0.1) is 34.3 Å². The quantitative estimate of drug-likeness (QED) is 0.767. The second kappa shape index (κ2) is 4.65. The van der Waals surface area contributed by atoms with E-state index in [1.165, 1.54) is 0 Å². The van der Waals surface area contributed by atoms with Crippen LogP contribution in [0.25, 0.3) is 11.1 Å². The highest BCUT2D eigenvalue weighted by molar-refractivity contribution is 5.71. The van der Waals surface area contributed by atoms with Gasteiger partial charge in [-0.25, -0.2) is 8.78 Å². The predicted octanol–water partition coefficient (Wildman–Crippen LogP) is 3.38. The first kappa shape index (κ1) is 11.8. The first-order chi connectivity index (χ1) is 8.65. The van der Waals surface area contributed by atoms with Crippen molar-refractivity contribution in [2.45, 2.75) is 0 Å². The Hall–Kier alpha value is -2.72. The van der Waals surface area contributed by atoms with E-state index in [0.29, 0.717) is 16.7 Å². The molecule has 0 atom stereocenters. The number of rotatable bonds is 1. The van der Waals surface area contributed by atoms with Gasteiger partial charge in [0.2, 0.25) is 0 Å². The van der Waals surface area contributed by atoms with Crippen molar-refractivity contribution >= 4 is 0 Å². The molecule has 0 fully saturated rings. The lowest BCUT2D eigenvalue weighted by Crippen LogP contribution is -1.91. The van der Waals surface area contributed by atoms with Gasteiger partial charge >= 0.3 is 0 Å². The molecular weight excluding hydrogens is 234 g/mol. The molecule has 18 heavy (non-hydrogen) atoms. The van der Waals surface area contributed by atoms with E-state index in [1.54, 1.807) is 24.3 Å². The van der Waals surface area contributed by atoms with E-state index in [2.05, 4.69) is 0 Å². The van der Waals surface area contributed by atoms with Crippen LogP contribution in [0.15, 0.2) is 36.4 Å². The van der Waals surface area contributed by atoms with Gasteiger partial charge in [-0.1, -0.05) is 12.1 Å². The van der Waals surface area contributed by atoms with Crippen molar-refractivity contribution < 1.29 is 8.78 Å². The summed E-state index contributed by atoms with van der Waals surface area (Å²) >= 11 is 0. The summed E-state index contributed by atoms with van der Waals surface area (Å²) in [6.45, 7) is 0. The van der Waals surface area contributed by atoms with E-state index >= 15 is 0 Å². The van der Waals surface area contributed by atoms with Crippen LogP contribution in [0.5, 0.6) is 0 Å². The number of nitriles is 2. The summed E-state index contributed by atoms with van der Waals surface area (Å²) < 4.78 is 26.2. The van der Waals surface area contributed by atoms with Crippen LogP contribution < -0.4 is 0 Å². The van der Waals surface area contributed by atoms with E-state index in [0.717, 1.165) is 12.1 Å². The highest BCUT2D eigenvalue weighted by atomic mass is 19.2. The summed E-state index contributed by atoms with van der Waals surface area (Å²) in [6, 6.07) is 11.9. The lowest BCUT2D eigenvalue weighted by Gasteiger charge is -2.05.